The maximum atomic E-state index is 10.5. The summed E-state index contributed by atoms with van der Waals surface area (Å²) in [4.78, 5) is 0.454. The quantitative estimate of drug-likeness (QED) is 0.604. The molecular weight excluding hydrogens is 140 g/mol. The van der Waals surface area contributed by atoms with Crippen molar-refractivity contribution in [3.8, 4) is 0 Å². The van der Waals surface area contributed by atoms with E-state index in [1.165, 1.54) is 6.26 Å². The summed E-state index contributed by atoms with van der Waals surface area (Å²) in [6.07, 6.45) is 1.28. The second kappa shape index (κ2) is 2.28. The standard InChI is InChI=1S/C4H6N2O2S/c1-3-4(9(5)7)2-8-6-3/h2H,5H2,1H3. The van der Waals surface area contributed by atoms with Crippen molar-refractivity contribution in [3.05, 3.63) is 12.0 Å². The Morgan fingerprint density at radius 1 is 1.89 bits per heavy atom. The molecule has 0 saturated carbocycles. The molecule has 9 heavy (non-hydrogen) atoms. The van der Waals surface area contributed by atoms with Gasteiger partial charge in [-0.2, -0.15) is 0 Å². The summed E-state index contributed by atoms with van der Waals surface area (Å²) < 4.78 is 15.0. The Bertz CT molecular complexity index is 232. The summed E-state index contributed by atoms with van der Waals surface area (Å²) in [7, 11) is -1.47. The molecule has 1 aromatic heterocycles. The van der Waals surface area contributed by atoms with Crippen LogP contribution in [0, 0.1) is 6.92 Å². The molecule has 0 amide bonds. The van der Waals surface area contributed by atoms with E-state index in [1.54, 1.807) is 6.92 Å². The molecule has 5 heteroatoms. The molecule has 1 aromatic rings. The average Bonchev–Trinajstić information content (AvgIpc) is 2.13. The van der Waals surface area contributed by atoms with Crippen molar-refractivity contribution in [1.82, 2.24) is 5.16 Å². The fourth-order valence-corrected chi connectivity index (χ4v) is 0.943. The van der Waals surface area contributed by atoms with Gasteiger partial charge in [-0.25, -0.2) is 9.35 Å². The minimum absolute atomic E-state index is 0.454. The highest BCUT2D eigenvalue weighted by Crippen LogP contribution is 2.06. The summed E-state index contributed by atoms with van der Waals surface area (Å²) in [6, 6.07) is 0. The molecule has 1 heterocycles. The lowest BCUT2D eigenvalue weighted by Crippen LogP contribution is -2.02. The largest absolute Gasteiger partial charge is 0.363 e. The van der Waals surface area contributed by atoms with Crippen molar-refractivity contribution < 1.29 is 8.73 Å². The van der Waals surface area contributed by atoms with Crippen LogP contribution in [0.4, 0.5) is 0 Å². The Morgan fingerprint density at radius 2 is 2.56 bits per heavy atom. The second-order valence-electron chi connectivity index (χ2n) is 1.56. The van der Waals surface area contributed by atoms with Gasteiger partial charge in [0.25, 0.3) is 0 Å². The fraction of sp³-hybridized carbons (Fsp3) is 0.250. The summed E-state index contributed by atoms with van der Waals surface area (Å²) in [5.41, 5.74) is 0.579. The first-order chi connectivity index (χ1) is 4.22. The zero-order valence-corrected chi connectivity index (χ0v) is 5.64. The Kier molecular flexibility index (Phi) is 1.63. The second-order valence-corrected chi connectivity index (χ2v) is 2.60. The summed E-state index contributed by atoms with van der Waals surface area (Å²) in [5.74, 6) is 0. The van der Waals surface area contributed by atoms with Crippen molar-refractivity contribution in [3.63, 3.8) is 0 Å². The van der Waals surface area contributed by atoms with Gasteiger partial charge in [0, 0.05) is 0 Å². The summed E-state index contributed by atoms with van der Waals surface area (Å²) >= 11 is 0. The van der Waals surface area contributed by atoms with Crippen LogP contribution in [0.25, 0.3) is 0 Å². The molecule has 0 radical (unpaired) electrons. The van der Waals surface area contributed by atoms with Crippen molar-refractivity contribution in [2.24, 2.45) is 5.14 Å². The van der Waals surface area contributed by atoms with E-state index < -0.39 is 11.0 Å². The molecule has 0 bridgehead atoms. The Hall–Kier alpha value is -0.680. The highest BCUT2D eigenvalue weighted by molar-refractivity contribution is 7.82. The Morgan fingerprint density at radius 3 is 2.78 bits per heavy atom. The lowest BCUT2D eigenvalue weighted by molar-refractivity contribution is 0.413. The van der Waals surface area contributed by atoms with E-state index in [-0.39, 0.29) is 0 Å². The molecule has 50 valence electrons. The van der Waals surface area contributed by atoms with Crippen LogP contribution in [0.15, 0.2) is 15.7 Å². The molecule has 0 aliphatic carbocycles. The Labute approximate surface area is 54.6 Å². The number of hydrogen-bond donors (Lipinski definition) is 1. The van der Waals surface area contributed by atoms with E-state index in [0.29, 0.717) is 10.6 Å². The van der Waals surface area contributed by atoms with Gasteiger partial charge in [0.1, 0.15) is 22.1 Å². The zero-order chi connectivity index (χ0) is 6.85. The third kappa shape index (κ3) is 1.17. The predicted molar refractivity (Wildman–Crippen MR) is 31.8 cm³/mol. The van der Waals surface area contributed by atoms with Crippen LogP contribution < -0.4 is 5.14 Å². The number of nitrogens with two attached hydrogens (primary N) is 1. The first-order valence-corrected chi connectivity index (χ1v) is 3.50. The van der Waals surface area contributed by atoms with Crippen LogP contribution in [0.2, 0.25) is 0 Å². The third-order valence-corrected chi connectivity index (χ3v) is 1.75. The average molecular weight is 146 g/mol. The van der Waals surface area contributed by atoms with Crippen molar-refractivity contribution in [1.29, 1.82) is 0 Å². The van der Waals surface area contributed by atoms with Crippen molar-refractivity contribution in [2.45, 2.75) is 11.8 Å². The van der Waals surface area contributed by atoms with Gasteiger partial charge in [-0.05, 0) is 6.92 Å². The molecule has 2 N–H and O–H groups in total. The molecule has 0 aliphatic rings. The van der Waals surface area contributed by atoms with E-state index in [2.05, 4.69) is 9.68 Å². The molecule has 0 aliphatic heterocycles. The summed E-state index contributed by atoms with van der Waals surface area (Å²) in [6.45, 7) is 1.68. The van der Waals surface area contributed by atoms with Crippen LogP contribution in [-0.2, 0) is 11.0 Å². The van der Waals surface area contributed by atoms with Crippen LogP contribution in [0.5, 0.6) is 0 Å². The smallest absolute Gasteiger partial charge is 0.141 e. The third-order valence-electron chi connectivity index (χ3n) is 0.923. The highest BCUT2D eigenvalue weighted by atomic mass is 32.2. The van der Waals surface area contributed by atoms with Crippen LogP contribution in [-0.4, -0.2) is 9.37 Å². The molecular formula is C4H6N2O2S. The minimum Gasteiger partial charge on any atom is -0.363 e. The normalized spacial score (nSPS) is 13.6. The van der Waals surface area contributed by atoms with Crippen molar-refractivity contribution in [2.75, 3.05) is 0 Å². The molecule has 0 fully saturated rings. The van der Waals surface area contributed by atoms with Gasteiger partial charge < -0.3 is 4.52 Å². The van der Waals surface area contributed by atoms with Crippen LogP contribution in [0.1, 0.15) is 5.69 Å². The van der Waals surface area contributed by atoms with Gasteiger partial charge in [-0.15, -0.1) is 0 Å². The highest BCUT2D eigenvalue weighted by Gasteiger charge is 2.05. The number of nitrogens with zero attached hydrogens (tertiary/aromatic N) is 1. The van der Waals surface area contributed by atoms with Gasteiger partial charge in [-0.1, -0.05) is 5.16 Å². The maximum absolute atomic E-state index is 10.5. The van der Waals surface area contributed by atoms with E-state index in [4.69, 9.17) is 5.14 Å². The molecule has 1 atom stereocenters. The van der Waals surface area contributed by atoms with E-state index in [0.717, 1.165) is 0 Å². The number of aryl methyl sites for hydroxylation is 1. The fourth-order valence-electron chi connectivity index (χ4n) is 0.477. The summed E-state index contributed by atoms with van der Waals surface area (Å²) in [5, 5.41) is 8.52. The molecule has 0 saturated heterocycles. The van der Waals surface area contributed by atoms with Crippen LogP contribution >= 0.6 is 0 Å². The van der Waals surface area contributed by atoms with Gasteiger partial charge in [0.2, 0.25) is 0 Å². The number of hydrogen-bond acceptors (Lipinski definition) is 3. The monoisotopic (exact) mass is 146 g/mol. The van der Waals surface area contributed by atoms with E-state index >= 15 is 0 Å². The molecule has 1 rings (SSSR count). The van der Waals surface area contributed by atoms with Gasteiger partial charge >= 0.3 is 0 Å². The van der Waals surface area contributed by atoms with E-state index in [9.17, 15) is 4.21 Å². The lowest BCUT2D eigenvalue weighted by atomic mass is 10.5. The Balaban J connectivity index is 3.08. The zero-order valence-electron chi connectivity index (χ0n) is 4.83. The van der Waals surface area contributed by atoms with Crippen LogP contribution in [0.3, 0.4) is 0 Å². The van der Waals surface area contributed by atoms with Gasteiger partial charge in [0.05, 0.1) is 5.69 Å². The van der Waals surface area contributed by atoms with Crippen molar-refractivity contribution >= 4 is 11.0 Å². The predicted octanol–water partition coefficient (Wildman–Crippen LogP) is -0.0357. The first kappa shape index (κ1) is 6.44. The van der Waals surface area contributed by atoms with Gasteiger partial charge in [0.15, 0.2) is 0 Å². The first-order valence-electron chi connectivity index (χ1n) is 2.29. The van der Waals surface area contributed by atoms with E-state index in [1.807, 2.05) is 0 Å². The SMILES string of the molecule is Cc1nocc1S(N)=O. The number of rotatable bonds is 1. The molecule has 0 aromatic carbocycles. The minimum atomic E-state index is -1.47. The lowest BCUT2D eigenvalue weighted by Gasteiger charge is -1.84. The number of aromatic nitrogens is 1. The molecule has 0 spiro atoms. The van der Waals surface area contributed by atoms with Gasteiger partial charge in [-0.3, -0.25) is 0 Å². The molecule has 1 unspecified atom stereocenters. The molecule has 4 nitrogen and oxygen atoms in total. The maximum Gasteiger partial charge on any atom is 0.141 e. The topological polar surface area (TPSA) is 69.1 Å².